The van der Waals surface area contributed by atoms with Gasteiger partial charge in [0.2, 0.25) is 5.95 Å². The van der Waals surface area contributed by atoms with Crippen molar-refractivity contribution in [2.75, 3.05) is 40.6 Å². The number of pyridine rings is 1. The van der Waals surface area contributed by atoms with Crippen molar-refractivity contribution in [1.82, 2.24) is 15.0 Å². The van der Waals surface area contributed by atoms with Gasteiger partial charge in [-0.15, -0.1) is 0 Å². The first kappa shape index (κ1) is 19.7. The number of carbonyl (C=O) groups excluding carboxylic acids is 1. The molecule has 2 aromatic heterocycles. The van der Waals surface area contributed by atoms with Crippen LogP contribution >= 0.6 is 0 Å². The Morgan fingerprint density at radius 2 is 2.00 bits per heavy atom. The highest BCUT2D eigenvalue weighted by atomic mass is 19.1. The fourth-order valence-corrected chi connectivity index (χ4v) is 4.25. The second-order valence-corrected chi connectivity index (χ2v) is 8.06. The van der Waals surface area contributed by atoms with Crippen LogP contribution in [0.2, 0.25) is 0 Å². The molecule has 10 nitrogen and oxygen atoms in total. The number of fused-ring (bicyclic) bond motifs is 3. The minimum Gasteiger partial charge on any atom is -0.480 e. The second kappa shape index (κ2) is 7.85. The van der Waals surface area contributed by atoms with Crippen molar-refractivity contribution in [2.45, 2.75) is 18.6 Å². The maximum Gasteiger partial charge on any atom is 0.263 e. The van der Waals surface area contributed by atoms with Gasteiger partial charge in [0.15, 0.2) is 29.8 Å². The third-order valence-corrected chi connectivity index (χ3v) is 5.82. The molecule has 0 saturated carbocycles. The van der Waals surface area contributed by atoms with Crippen LogP contribution in [0.1, 0.15) is 6.42 Å². The summed E-state index contributed by atoms with van der Waals surface area (Å²) in [6, 6.07) is 11.7. The van der Waals surface area contributed by atoms with E-state index in [-0.39, 0.29) is 30.1 Å². The molecule has 2 bridgehead atoms. The van der Waals surface area contributed by atoms with Gasteiger partial charge in [-0.05, 0) is 42.8 Å². The van der Waals surface area contributed by atoms with Crippen LogP contribution in [0.5, 0.6) is 5.75 Å². The van der Waals surface area contributed by atoms with E-state index in [9.17, 15) is 9.18 Å². The van der Waals surface area contributed by atoms with Crippen molar-refractivity contribution >= 4 is 40.7 Å². The van der Waals surface area contributed by atoms with Crippen molar-refractivity contribution in [1.29, 1.82) is 0 Å². The lowest BCUT2D eigenvalue weighted by Gasteiger charge is -2.29. The highest BCUT2D eigenvalue weighted by Crippen LogP contribution is 2.33. The number of hydrogen-bond donors (Lipinski definition) is 3. The fourth-order valence-electron chi connectivity index (χ4n) is 4.25. The van der Waals surface area contributed by atoms with Crippen molar-refractivity contribution in [3.05, 3.63) is 48.4 Å². The van der Waals surface area contributed by atoms with E-state index in [1.807, 2.05) is 24.3 Å². The summed E-state index contributed by atoms with van der Waals surface area (Å²) in [5.41, 5.74) is 1.93. The molecule has 1 amide bonds. The fraction of sp³-hybridized carbons (Fsp3) is 0.273. The van der Waals surface area contributed by atoms with E-state index in [1.165, 1.54) is 0 Å². The van der Waals surface area contributed by atoms with Crippen molar-refractivity contribution < 1.29 is 18.7 Å². The number of hydrogen-bond acceptors (Lipinski definition) is 9. The lowest BCUT2D eigenvalue weighted by Crippen LogP contribution is -2.36. The standard InChI is InChI=1S/C22H20FN7O3/c23-16-8-24-22(25-12-1-3-13(4-2-12)30-9-15-7-14(30)10-32-15)29-20(16)26-18-6-5-17-21(27-18)28-19(31)11-33-17/h1-6,8,14-15H,7,9-11H2,(H3,24,25,26,27,28,29,31)/t14-,15-/m0/s1. The van der Waals surface area contributed by atoms with Gasteiger partial charge >= 0.3 is 0 Å². The van der Waals surface area contributed by atoms with E-state index in [2.05, 4.69) is 35.8 Å². The van der Waals surface area contributed by atoms with Crippen LogP contribution in [0.25, 0.3) is 0 Å². The van der Waals surface area contributed by atoms with Crippen LogP contribution in [0.4, 0.5) is 39.2 Å². The number of aromatic nitrogens is 3. The van der Waals surface area contributed by atoms with Crippen LogP contribution < -0.4 is 25.6 Å². The highest BCUT2D eigenvalue weighted by Gasteiger charge is 2.38. The first-order valence-electron chi connectivity index (χ1n) is 10.6. The molecule has 6 rings (SSSR count). The Labute approximate surface area is 188 Å². The Morgan fingerprint density at radius 1 is 1.12 bits per heavy atom. The Morgan fingerprint density at radius 3 is 2.79 bits per heavy atom. The zero-order chi connectivity index (χ0) is 22.4. The summed E-state index contributed by atoms with van der Waals surface area (Å²) in [6.45, 7) is 1.63. The summed E-state index contributed by atoms with van der Waals surface area (Å²) in [4.78, 5) is 26.4. The van der Waals surface area contributed by atoms with E-state index in [0.717, 1.165) is 37.1 Å². The summed E-state index contributed by atoms with van der Waals surface area (Å²) in [5, 5.41) is 8.53. The highest BCUT2D eigenvalue weighted by molar-refractivity contribution is 5.94. The van der Waals surface area contributed by atoms with Crippen LogP contribution in [0.15, 0.2) is 42.6 Å². The smallest absolute Gasteiger partial charge is 0.263 e. The summed E-state index contributed by atoms with van der Waals surface area (Å²) < 4.78 is 25.3. The van der Waals surface area contributed by atoms with Gasteiger partial charge < -0.3 is 30.3 Å². The predicted octanol–water partition coefficient (Wildman–Crippen LogP) is 2.81. The maximum atomic E-state index is 14.3. The van der Waals surface area contributed by atoms with E-state index in [1.54, 1.807) is 12.1 Å². The van der Waals surface area contributed by atoms with Gasteiger partial charge in [0.05, 0.1) is 24.9 Å². The summed E-state index contributed by atoms with van der Waals surface area (Å²) in [6.07, 6.45) is 2.49. The van der Waals surface area contributed by atoms with Crippen LogP contribution in [-0.2, 0) is 9.53 Å². The minimum atomic E-state index is -0.637. The van der Waals surface area contributed by atoms with Crippen LogP contribution in [0, 0.1) is 5.82 Å². The first-order valence-corrected chi connectivity index (χ1v) is 10.6. The zero-order valence-electron chi connectivity index (χ0n) is 17.4. The Hall–Kier alpha value is -3.99. The molecule has 3 N–H and O–H groups in total. The number of nitrogens with zero attached hydrogens (tertiary/aromatic N) is 4. The largest absolute Gasteiger partial charge is 0.480 e. The van der Waals surface area contributed by atoms with Gasteiger partial charge in [-0.3, -0.25) is 4.79 Å². The number of amides is 1. The quantitative estimate of drug-likeness (QED) is 0.541. The minimum absolute atomic E-state index is 0.0484. The molecule has 1 aromatic carbocycles. The molecule has 0 unspecified atom stereocenters. The maximum absolute atomic E-state index is 14.3. The van der Waals surface area contributed by atoms with Crippen LogP contribution in [0.3, 0.4) is 0 Å². The normalized spacial score (nSPS) is 20.8. The molecule has 0 radical (unpaired) electrons. The van der Waals surface area contributed by atoms with Crippen molar-refractivity contribution in [2.24, 2.45) is 0 Å². The third kappa shape index (κ3) is 3.87. The number of rotatable bonds is 5. The number of halogens is 1. The molecule has 11 heteroatoms. The first-order chi connectivity index (χ1) is 16.1. The molecule has 0 aliphatic carbocycles. The molecule has 33 heavy (non-hydrogen) atoms. The molecule has 3 aliphatic rings. The molecular weight excluding hydrogens is 429 g/mol. The number of morpholine rings is 1. The summed E-state index contributed by atoms with van der Waals surface area (Å²) >= 11 is 0. The molecule has 2 atom stereocenters. The number of anilines is 6. The number of nitrogens with one attached hydrogen (secondary N) is 3. The van der Waals surface area contributed by atoms with Gasteiger partial charge in [-0.1, -0.05) is 0 Å². The van der Waals surface area contributed by atoms with Crippen LogP contribution in [-0.4, -0.2) is 52.8 Å². The monoisotopic (exact) mass is 449 g/mol. The van der Waals surface area contributed by atoms with E-state index in [4.69, 9.17) is 9.47 Å². The van der Waals surface area contributed by atoms with Crippen molar-refractivity contribution in [3.63, 3.8) is 0 Å². The number of ether oxygens (including phenoxy) is 2. The van der Waals surface area contributed by atoms with E-state index < -0.39 is 5.82 Å². The molecule has 0 spiro atoms. The average molecular weight is 449 g/mol. The molecule has 3 aliphatic heterocycles. The SMILES string of the molecule is O=C1COc2ccc(Nc3nc(Nc4ccc(N5C[C@@H]6C[C@H]5CO6)cc4)ncc3F)nc2N1. The third-order valence-electron chi connectivity index (χ3n) is 5.82. The Balaban J connectivity index is 1.17. The zero-order valence-corrected chi connectivity index (χ0v) is 17.4. The van der Waals surface area contributed by atoms with Gasteiger partial charge in [-0.25, -0.2) is 14.4 Å². The van der Waals surface area contributed by atoms with E-state index in [0.29, 0.717) is 23.7 Å². The molecule has 168 valence electrons. The van der Waals surface area contributed by atoms with Gasteiger partial charge in [-0.2, -0.15) is 4.98 Å². The van der Waals surface area contributed by atoms with E-state index >= 15 is 0 Å². The molecule has 5 heterocycles. The topological polar surface area (TPSA) is 114 Å². The number of carbonyl (C=O) groups is 1. The molecule has 2 fully saturated rings. The summed E-state index contributed by atoms with van der Waals surface area (Å²) in [5.74, 6) is 0.259. The average Bonchev–Trinajstić information content (AvgIpc) is 3.45. The predicted molar refractivity (Wildman–Crippen MR) is 119 cm³/mol. The van der Waals surface area contributed by atoms with Gasteiger partial charge in [0.1, 0.15) is 5.82 Å². The lowest BCUT2D eigenvalue weighted by atomic mass is 10.2. The van der Waals surface area contributed by atoms with Gasteiger partial charge in [0.25, 0.3) is 5.91 Å². The second-order valence-electron chi connectivity index (χ2n) is 8.06. The lowest BCUT2D eigenvalue weighted by molar-refractivity contribution is -0.118. The Kier molecular flexibility index (Phi) is 4.68. The summed E-state index contributed by atoms with van der Waals surface area (Å²) in [7, 11) is 0. The van der Waals surface area contributed by atoms with Crippen molar-refractivity contribution in [3.8, 4) is 5.75 Å². The molecular formula is C22H20FN7O3. The number of benzene rings is 1. The van der Waals surface area contributed by atoms with Gasteiger partial charge in [0, 0.05) is 17.9 Å². The molecule has 3 aromatic rings. The Bertz CT molecular complexity index is 1220. The molecule has 2 saturated heterocycles.